The Bertz CT molecular complexity index is 605. The summed E-state index contributed by atoms with van der Waals surface area (Å²) in [5.74, 6) is -0.373. The van der Waals surface area contributed by atoms with Crippen LogP contribution in [0.1, 0.15) is 51.9 Å². The minimum atomic E-state index is -0.891. The summed E-state index contributed by atoms with van der Waals surface area (Å²) in [7, 11) is 0. The molecule has 0 amide bonds. The average molecular weight is 286 g/mol. The van der Waals surface area contributed by atoms with Crippen molar-refractivity contribution >= 4 is 5.97 Å². The third kappa shape index (κ3) is 3.04. The highest BCUT2D eigenvalue weighted by atomic mass is 16.4. The second-order valence-corrected chi connectivity index (χ2v) is 7.13. The van der Waals surface area contributed by atoms with Crippen LogP contribution >= 0.6 is 0 Å². The summed E-state index contributed by atoms with van der Waals surface area (Å²) in [6.07, 6.45) is 9.02. The Labute approximate surface area is 125 Å². The molecule has 0 saturated heterocycles. The molecule has 1 atom stereocenters. The van der Waals surface area contributed by atoms with E-state index in [1.165, 1.54) is 0 Å². The lowest BCUT2D eigenvalue weighted by atomic mass is 9.69. The van der Waals surface area contributed by atoms with Crippen LogP contribution in [0.25, 0.3) is 0 Å². The number of aromatic nitrogens is 2. The fraction of sp³-hybridized carbons (Fsp3) is 0.471. The number of hydrogen-bond donors (Lipinski definition) is 1. The number of rotatable bonds is 2. The summed E-state index contributed by atoms with van der Waals surface area (Å²) < 4.78 is 0. The highest BCUT2D eigenvalue weighted by molar-refractivity contribution is 5.89. The fourth-order valence-corrected chi connectivity index (χ4v) is 2.67. The average Bonchev–Trinajstić information content (AvgIpc) is 2.36. The van der Waals surface area contributed by atoms with Gasteiger partial charge in [-0.15, -0.1) is 0 Å². The Balaban J connectivity index is 2.45. The second kappa shape index (κ2) is 5.10. The van der Waals surface area contributed by atoms with Crippen LogP contribution in [-0.2, 0) is 10.2 Å². The number of allylic oxidation sites excluding steroid dienone is 3. The topological polar surface area (TPSA) is 63.1 Å². The zero-order valence-electron chi connectivity index (χ0n) is 13.2. The lowest BCUT2D eigenvalue weighted by Crippen LogP contribution is -2.28. The van der Waals surface area contributed by atoms with Crippen LogP contribution in [0.2, 0.25) is 0 Å². The molecule has 0 aliphatic heterocycles. The minimum absolute atomic E-state index is 0.119. The first-order valence-corrected chi connectivity index (χ1v) is 7.08. The molecule has 21 heavy (non-hydrogen) atoms. The standard InChI is InChI=1S/C17H22N2O2/c1-16(2,3)15-18-9-11(10-19-15)13-12(14(20)21)7-6-8-17(13,4)5/h6-10,13H,1-5H3,(H,20,21). The Morgan fingerprint density at radius 3 is 2.29 bits per heavy atom. The van der Waals surface area contributed by atoms with Crippen LogP contribution in [0.4, 0.5) is 0 Å². The number of carboxylic acid groups (broad SMARTS) is 1. The molecule has 1 heterocycles. The molecule has 112 valence electrons. The minimum Gasteiger partial charge on any atom is -0.478 e. The maximum absolute atomic E-state index is 11.5. The Morgan fingerprint density at radius 1 is 1.24 bits per heavy atom. The van der Waals surface area contributed by atoms with Gasteiger partial charge >= 0.3 is 5.97 Å². The van der Waals surface area contributed by atoms with E-state index in [9.17, 15) is 9.90 Å². The van der Waals surface area contributed by atoms with E-state index in [0.717, 1.165) is 11.4 Å². The zero-order chi connectivity index (χ0) is 15.8. The first kappa shape index (κ1) is 15.4. The molecule has 1 N–H and O–H groups in total. The van der Waals surface area contributed by atoms with E-state index in [4.69, 9.17) is 0 Å². The predicted octanol–water partition coefficient (Wildman–Crippen LogP) is 3.46. The fourth-order valence-electron chi connectivity index (χ4n) is 2.67. The first-order chi connectivity index (χ1) is 9.63. The highest BCUT2D eigenvalue weighted by Crippen LogP contribution is 2.44. The van der Waals surface area contributed by atoms with Gasteiger partial charge in [-0.1, -0.05) is 52.8 Å². The van der Waals surface area contributed by atoms with E-state index in [2.05, 4.69) is 30.7 Å². The molecule has 0 fully saturated rings. The van der Waals surface area contributed by atoms with Crippen molar-refractivity contribution in [2.24, 2.45) is 5.41 Å². The van der Waals surface area contributed by atoms with Gasteiger partial charge in [0, 0.05) is 29.3 Å². The third-order valence-electron chi connectivity index (χ3n) is 3.78. The summed E-state index contributed by atoms with van der Waals surface area (Å²) in [5.41, 5.74) is 0.821. The van der Waals surface area contributed by atoms with Crippen LogP contribution in [0.3, 0.4) is 0 Å². The zero-order valence-corrected chi connectivity index (χ0v) is 13.2. The Hall–Kier alpha value is -1.97. The summed E-state index contributed by atoms with van der Waals surface area (Å²) >= 11 is 0. The molecule has 4 nitrogen and oxygen atoms in total. The van der Waals surface area contributed by atoms with E-state index < -0.39 is 5.97 Å². The van der Waals surface area contributed by atoms with E-state index >= 15 is 0 Å². The van der Waals surface area contributed by atoms with Crippen LogP contribution in [0, 0.1) is 5.41 Å². The monoisotopic (exact) mass is 286 g/mol. The Morgan fingerprint density at radius 2 is 1.81 bits per heavy atom. The normalized spacial score (nSPS) is 21.0. The number of carbonyl (C=O) groups is 1. The van der Waals surface area contributed by atoms with Crippen molar-refractivity contribution in [3.05, 3.63) is 47.6 Å². The lowest BCUT2D eigenvalue weighted by Gasteiger charge is -2.34. The molecule has 1 aromatic rings. The van der Waals surface area contributed by atoms with Gasteiger partial charge in [-0.05, 0) is 11.0 Å². The molecule has 4 heteroatoms. The smallest absolute Gasteiger partial charge is 0.332 e. The summed E-state index contributed by atoms with van der Waals surface area (Å²) in [6.45, 7) is 10.2. The van der Waals surface area contributed by atoms with Crippen LogP contribution in [0.5, 0.6) is 0 Å². The molecule has 2 rings (SSSR count). The number of hydrogen-bond acceptors (Lipinski definition) is 3. The molecule has 1 aliphatic rings. The van der Waals surface area contributed by atoms with Gasteiger partial charge in [0.25, 0.3) is 0 Å². The van der Waals surface area contributed by atoms with Crippen molar-refractivity contribution < 1.29 is 9.90 Å². The summed E-state index contributed by atoms with van der Waals surface area (Å²) in [5, 5.41) is 9.44. The summed E-state index contributed by atoms with van der Waals surface area (Å²) in [4.78, 5) is 20.4. The van der Waals surface area contributed by atoms with Crippen molar-refractivity contribution in [1.29, 1.82) is 0 Å². The van der Waals surface area contributed by atoms with Gasteiger partial charge in [0.15, 0.2) is 0 Å². The molecule has 0 radical (unpaired) electrons. The van der Waals surface area contributed by atoms with E-state index in [1.807, 2.05) is 26.0 Å². The number of carboxylic acids is 1. The summed E-state index contributed by atoms with van der Waals surface area (Å²) in [6, 6.07) is 0. The van der Waals surface area contributed by atoms with Crippen LogP contribution in [0.15, 0.2) is 36.2 Å². The molecule has 1 unspecified atom stereocenters. The maximum Gasteiger partial charge on any atom is 0.332 e. The molecule has 0 bridgehead atoms. The van der Waals surface area contributed by atoms with Crippen molar-refractivity contribution in [2.75, 3.05) is 0 Å². The molecule has 1 aromatic heterocycles. The van der Waals surface area contributed by atoms with Gasteiger partial charge in [-0.25, -0.2) is 14.8 Å². The molecule has 0 saturated carbocycles. The van der Waals surface area contributed by atoms with E-state index in [1.54, 1.807) is 18.5 Å². The molecule has 0 spiro atoms. The van der Waals surface area contributed by atoms with Gasteiger partial charge in [0.2, 0.25) is 0 Å². The SMILES string of the molecule is CC(C)(C)c1ncc(C2C(C(=O)O)=CC=CC2(C)C)cn1. The molecule has 0 aromatic carbocycles. The van der Waals surface area contributed by atoms with Crippen molar-refractivity contribution in [1.82, 2.24) is 9.97 Å². The quantitative estimate of drug-likeness (QED) is 0.904. The largest absolute Gasteiger partial charge is 0.478 e. The van der Waals surface area contributed by atoms with Gasteiger partial charge in [-0.2, -0.15) is 0 Å². The maximum atomic E-state index is 11.5. The third-order valence-corrected chi connectivity index (χ3v) is 3.78. The van der Waals surface area contributed by atoms with Crippen LogP contribution in [-0.4, -0.2) is 21.0 Å². The number of aliphatic carboxylic acids is 1. The highest BCUT2D eigenvalue weighted by Gasteiger charge is 2.37. The van der Waals surface area contributed by atoms with E-state index in [0.29, 0.717) is 5.57 Å². The first-order valence-electron chi connectivity index (χ1n) is 7.08. The second-order valence-electron chi connectivity index (χ2n) is 7.13. The molecular weight excluding hydrogens is 264 g/mol. The van der Waals surface area contributed by atoms with Gasteiger partial charge in [0.1, 0.15) is 5.82 Å². The van der Waals surface area contributed by atoms with Crippen molar-refractivity contribution in [3.8, 4) is 0 Å². The van der Waals surface area contributed by atoms with Crippen molar-refractivity contribution in [3.63, 3.8) is 0 Å². The van der Waals surface area contributed by atoms with E-state index in [-0.39, 0.29) is 16.7 Å². The van der Waals surface area contributed by atoms with Crippen LogP contribution < -0.4 is 0 Å². The Kier molecular flexibility index (Phi) is 3.74. The van der Waals surface area contributed by atoms with Crippen molar-refractivity contribution in [2.45, 2.75) is 46.0 Å². The van der Waals surface area contributed by atoms with Gasteiger partial charge in [-0.3, -0.25) is 0 Å². The van der Waals surface area contributed by atoms with Gasteiger partial charge in [0.05, 0.1) is 0 Å². The molecular formula is C17H22N2O2. The van der Waals surface area contributed by atoms with Gasteiger partial charge < -0.3 is 5.11 Å². The molecule has 1 aliphatic carbocycles. The lowest BCUT2D eigenvalue weighted by molar-refractivity contribution is -0.133. The number of nitrogens with zero attached hydrogens (tertiary/aromatic N) is 2. The predicted molar refractivity (Wildman–Crippen MR) is 82.1 cm³/mol.